The van der Waals surface area contributed by atoms with Gasteiger partial charge < -0.3 is 14.5 Å². The highest BCUT2D eigenvalue weighted by atomic mass is 32.1. The molecule has 2 aromatic heterocycles. The van der Waals surface area contributed by atoms with E-state index in [0.717, 1.165) is 24.3 Å². The minimum absolute atomic E-state index is 0.126. The first-order chi connectivity index (χ1) is 9.34. The molecule has 2 aromatic rings. The van der Waals surface area contributed by atoms with Crippen LogP contribution in [0.5, 0.6) is 0 Å². The molecule has 0 aliphatic carbocycles. The SMILES string of the molecule is O=C(NC[C@@H]1CCCO1)c1ncoc1-c1cccs1. The molecule has 1 fully saturated rings. The van der Waals surface area contributed by atoms with Gasteiger partial charge in [-0.2, -0.15) is 0 Å². The molecule has 6 heteroatoms. The summed E-state index contributed by atoms with van der Waals surface area (Å²) in [5, 5.41) is 4.78. The Morgan fingerprint density at radius 1 is 1.58 bits per heavy atom. The zero-order chi connectivity index (χ0) is 13.1. The van der Waals surface area contributed by atoms with Crippen molar-refractivity contribution in [3.05, 3.63) is 29.6 Å². The van der Waals surface area contributed by atoms with Gasteiger partial charge in [0.25, 0.3) is 5.91 Å². The van der Waals surface area contributed by atoms with Crippen LogP contribution in [-0.2, 0) is 4.74 Å². The van der Waals surface area contributed by atoms with E-state index in [4.69, 9.17) is 9.15 Å². The molecule has 0 aromatic carbocycles. The minimum Gasteiger partial charge on any atom is -0.442 e. The van der Waals surface area contributed by atoms with E-state index in [1.807, 2.05) is 17.5 Å². The number of thiophene rings is 1. The number of hydrogen-bond acceptors (Lipinski definition) is 5. The van der Waals surface area contributed by atoms with E-state index in [-0.39, 0.29) is 12.0 Å². The summed E-state index contributed by atoms with van der Waals surface area (Å²) in [6, 6.07) is 3.82. The quantitative estimate of drug-likeness (QED) is 0.932. The third kappa shape index (κ3) is 2.69. The third-order valence-electron chi connectivity index (χ3n) is 3.04. The Morgan fingerprint density at radius 3 is 3.26 bits per heavy atom. The highest BCUT2D eigenvalue weighted by Crippen LogP contribution is 2.27. The number of nitrogens with zero attached hydrogens (tertiary/aromatic N) is 1. The molecule has 1 N–H and O–H groups in total. The highest BCUT2D eigenvalue weighted by molar-refractivity contribution is 7.13. The summed E-state index contributed by atoms with van der Waals surface area (Å²) in [6.07, 6.45) is 3.48. The standard InChI is InChI=1S/C13H14N2O3S/c16-13(14-7-9-3-1-5-17-9)11-12(18-8-15-11)10-4-2-6-19-10/h2,4,6,8-9H,1,3,5,7H2,(H,14,16)/t9-/m0/s1. The van der Waals surface area contributed by atoms with Crippen LogP contribution in [0.3, 0.4) is 0 Å². The van der Waals surface area contributed by atoms with Crippen molar-refractivity contribution in [3.63, 3.8) is 0 Å². The molecule has 0 bridgehead atoms. The number of oxazole rings is 1. The Balaban J connectivity index is 1.68. The second-order valence-electron chi connectivity index (χ2n) is 4.35. The van der Waals surface area contributed by atoms with Gasteiger partial charge in [0.1, 0.15) is 0 Å². The molecule has 1 aliphatic heterocycles. The number of aromatic nitrogens is 1. The second kappa shape index (κ2) is 5.54. The van der Waals surface area contributed by atoms with E-state index >= 15 is 0 Å². The summed E-state index contributed by atoms with van der Waals surface area (Å²) in [7, 11) is 0. The predicted octanol–water partition coefficient (Wildman–Crippen LogP) is 2.31. The molecule has 100 valence electrons. The molecule has 5 nitrogen and oxygen atoms in total. The highest BCUT2D eigenvalue weighted by Gasteiger charge is 2.21. The van der Waals surface area contributed by atoms with Gasteiger partial charge in [-0.05, 0) is 24.3 Å². The molecular weight excluding hydrogens is 264 g/mol. The Morgan fingerprint density at radius 2 is 2.53 bits per heavy atom. The molecule has 1 aliphatic rings. The fourth-order valence-electron chi connectivity index (χ4n) is 2.09. The van der Waals surface area contributed by atoms with Crippen LogP contribution in [0.4, 0.5) is 0 Å². The van der Waals surface area contributed by atoms with E-state index in [2.05, 4.69) is 10.3 Å². The van der Waals surface area contributed by atoms with Crippen molar-refractivity contribution in [1.82, 2.24) is 10.3 Å². The van der Waals surface area contributed by atoms with Gasteiger partial charge in [0.15, 0.2) is 17.8 Å². The maximum Gasteiger partial charge on any atom is 0.274 e. The van der Waals surface area contributed by atoms with E-state index in [9.17, 15) is 4.79 Å². The lowest BCUT2D eigenvalue weighted by Gasteiger charge is -2.09. The maximum absolute atomic E-state index is 12.1. The molecule has 1 saturated heterocycles. The molecule has 3 rings (SSSR count). The molecule has 0 spiro atoms. The van der Waals surface area contributed by atoms with Gasteiger partial charge in [-0.15, -0.1) is 11.3 Å². The first kappa shape index (κ1) is 12.4. The largest absolute Gasteiger partial charge is 0.442 e. The van der Waals surface area contributed by atoms with Crippen molar-refractivity contribution >= 4 is 17.2 Å². The van der Waals surface area contributed by atoms with E-state index in [1.165, 1.54) is 17.7 Å². The fourth-order valence-corrected chi connectivity index (χ4v) is 2.80. The summed E-state index contributed by atoms with van der Waals surface area (Å²) in [6.45, 7) is 1.31. The molecule has 1 atom stereocenters. The number of rotatable bonds is 4. The molecule has 0 radical (unpaired) electrons. The average Bonchev–Trinajstić information content (AvgIpc) is 3.14. The smallest absolute Gasteiger partial charge is 0.274 e. The van der Waals surface area contributed by atoms with Crippen LogP contribution in [0.1, 0.15) is 23.3 Å². The third-order valence-corrected chi connectivity index (χ3v) is 3.91. The van der Waals surface area contributed by atoms with Crippen molar-refractivity contribution in [2.24, 2.45) is 0 Å². The summed E-state index contributed by atoms with van der Waals surface area (Å²) in [4.78, 5) is 17.0. The Labute approximate surface area is 114 Å². The van der Waals surface area contributed by atoms with Crippen molar-refractivity contribution < 1.29 is 13.9 Å². The van der Waals surface area contributed by atoms with Gasteiger partial charge >= 0.3 is 0 Å². The Kier molecular flexibility index (Phi) is 3.61. The second-order valence-corrected chi connectivity index (χ2v) is 5.30. The normalized spacial score (nSPS) is 18.6. The number of amides is 1. The Hall–Kier alpha value is -1.66. The summed E-state index contributed by atoms with van der Waals surface area (Å²) in [5.74, 6) is 0.312. The number of nitrogens with one attached hydrogen (secondary N) is 1. The van der Waals surface area contributed by atoms with Crippen LogP contribution in [0, 0.1) is 0 Å². The van der Waals surface area contributed by atoms with Crippen LogP contribution in [0.15, 0.2) is 28.3 Å². The predicted molar refractivity (Wildman–Crippen MR) is 71.1 cm³/mol. The van der Waals surface area contributed by atoms with E-state index in [0.29, 0.717) is 18.0 Å². The lowest BCUT2D eigenvalue weighted by Crippen LogP contribution is -2.32. The van der Waals surface area contributed by atoms with Crippen LogP contribution >= 0.6 is 11.3 Å². The van der Waals surface area contributed by atoms with Gasteiger partial charge in [0.2, 0.25) is 0 Å². The van der Waals surface area contributed by atoms with Gasteiger partial charge in [-0.25, -0.2) is 4.98 Å². The average molecular weight is 278 g/mol. The number of ether oxygens (including phenoxy) is 1. The molecule has 0 saturated carbocycles. The summed E-state index contributed by atoms with van der Waals surface area (Å²) < 4.78 is 10.8. The number of carbonyl (C=O) groups excluding carboxylic acids is 1. The fraction of sp³-hybridized carbons (Fsp3) is 0.385. The van der Waals surface area contributed by atoms with Gasteiger partial charge in [0, 0.05) is 13.2 Å². The zero-order valence-electron chi connectivity index (χ0n) is 10.3. The summed E-state index contributed by atoms with van der Waals surface area (Å²) in [5.41, 5.74) is 0.334. The summed E-state index contributed by atoms with van der Waals surface area (Å²) >= 11 is 1.52. The topological polar surface area (TPSA) is 64.4 Å². The monoisotopic (exact) mass is 278 g/mol. The van der Waals surface area contributed by atoms with Crippen LogP contribution in [-0.4, -0.2) is 30.1 Å². The molecule has 3 heterocycles. The lowest BCUT2D eigenvalue weighted by molar-refractivity contribution is 0.0854. The van der Waals surface area contributed by atoms with Crippen LogP contribution in [0.2, 0.25) is 0 Å². The minimum atomic E-state index is -0.215. The van der Waals surface area contributed by atoms with Crippen LogP contribution in [0.25, 0.3) is 10.6 Å². The van der Waals surface area contributed by atoms with Gasteiger partial charge in [0.05, 0.1) is 11.0 Å². The van der Waals surface area contributed by atoms with Gasteiger partial charge in [-0.3, -0.25) is 4.79 Å². The number of hydrogen-bond donors (Lipinski definition) is 1. The molecule has 0 unspecified atom stereocenters. The first-order valence-electron chi connectivity index (χ1n) is 6.22. The Bertz CT molecular complexity index is 544. The van der Waals surface area contributed by atoms with Crippen molar-refractivity contribution in [3.8, 4) is 10.6 Å². The van der Waals surface area contributed by atoms with Gasteiger partial charge in [-0.1, -0.05) is 6.07 Å². The zero-order valence-corrected chi connectivity index (χ0v) is 11.1. The van der Waals surface area contributed by atoms with E-state index < -0.39 is 0 Å². The van der Waals surface area contributed by atoms with Crippen molar-refractivity contribution in [2.45, 2.75) is 18.9 Å². The molecular formula is C13H14N2O3S. The van der Waals surface area contributed by atoms with Crippen molar-refractivity contribution in [2.75, 3.05) is 13.2 Å². The molecule has 19 heavy (non-hydrogen) atoms. The molecule has 1 amide bonds. The van der Waals surface area contributed by atoms with E-state index in [1.54, 1.807) is 0 Å². The van der Waals surface area contributed by atoms with Crippen LogP contribution < -0.4 is 5.32 Å². The number of carbonyl (C=O) groups is 1. The maximum atomic E-state index is 12.1. The lowest BCUT2D eigenvalue weighted by atomic mass is 10.2. The van der Waals surface area contributed by atoms with Crippen molar-refractivity contribution in [1.29, 1.82) is 0 Å². The first-order valence-corrected chi connectivity index (χ1v) is 7.10.